The van der Waals surface area contributed by atoms with E-state index in [2.05, 4.69) is 37.9 Å². The van der Waals surface area contributed by atoms with Crippen molar-refractivity contribution in [1.29, 1.82) is 0 Å². The van der Waals surface area contributed by atoms with Gasteiger partial charge in [0.05, 0.1) is 0 Å². The number of hydrogen-bond donors (Lipinski definition) is 0. The third-order valence-electron chi connectivity index (χ3n) is 4.38. The van der Waals surface area contributed by atoms with Gasteiger partial charge in [-0.05, 0) is 56.9 Å². The van der Waals surface area contributed by atoms with Gasteiger partial charge in [-0.2, -0.15) is 4.98 Å². The molecule has 0 fully saturated rings. The maximum absolute atomic E-state index is 12.9. The van der Waals surface area contributed by atoms with Crippen molar-refractivity contribution >= 4 is 28.6 Å². The molecule has 1 aromatic heterocycles. The summed E-state index contributed by atoms with van der Waals surface area (Å²) in [5.74, 6) is -0.140. The van der Waals surface area contributed by atoms with Crippen LogP contribution < -0.4 is 4.74 Å². The molecule has 0 spiro atoms. The zero-order chi connectivity index (χ0) is 19.8. The molecular weight excluding hydrogens is 364 g/mol. The molecule has 144 valence electrons. The predicted octanol–water partition coefficient (Wildman–Crippen LogP) is 5.36. The van der Waals surface area contributed by atoms with Crippen molar-refractivity contribution in [3.63, 3.8) is 0 Å². The average molecular weight is 389 g/mol. The third-order valence-corrected chi connectivity index (χ3v) is 4.61. The number of hydrogen-bond acceptors (Lipinski definition) is 4. The first-order valence-electron chi connectivity index (χ1n) is 9.05. The van der Waals surface area contributed by atoms with E-state index in [4.69, 9.17) is 20.8 Å². The highest BCUT2D eigenvalue weighted by Gasteiger charge is 2.27. The lowest BCUT2D eigenvalue weighted by Gasteiger charge is -2.34. The molecule has 0 aliphatic heterocycles. The van der Waals surface area contributed by atoms with Gasteiger partial charge in [0.1, 0.15) is 5.52 Å². The lowest BCUT2D eigenvalue weighted by molar-refractivity contribution is -0.133. The van der Waals surface area contributed by atoms with E-state index in [1.54, 1.807) is 23.1 Å². The second-order valence-electron chi connectivity index (χ2n) is 7.96. The molecule has 0 bridgehead atoms. The lowest BCUT2D eigenvalue weighted by Crippen LogP contribution is -2.40. The molecule has 0 saturated carbocycles. The standard InChI is InChI=1S/C21H25ClN2O3/c1-13(2)24(16-8-14(3)10-21(4,5)11-16)19(25)12-26-20-23-17-9-15(22)6-7-18(17)27-20/h6-9,11,13H,10,12H2,1-5H3. The molecule has 1 aromatic carbocycles. The monoisotopic (exact) mass is 388 g/mol. The number of halogens is 1. The van der Waals surface area contributed by atoms with Crippen LogP contribution in [-0.2, 0) is 4.79 Å². The Kier molecular flexibility index (Phi) is 5.33. The van der Waals surface area contributed by atoms with Gasteiger partial charge in [0, 0.05) is 16.8 Å². The Hall–Kier alpha value is -2.27. The molecule has 5 nitrogen and oxygen atoms in total. The Balaban J connectivity index is 1.76. The molecule has 2 aromatic rings. The van der Waals surface area contributed by atoms with Gasteiger partial charge in [0.25, 0.3) is 5.91 Å². The van der Waals surface area contributed by atoms with E-state index in [0.717, 1.165) is 12.1 Å². The van der Waals surface area contributed by atoms with E-state index in [1.165, 1.54) is 5.57 Å². The number of rotatable bonds is 5. The second-order valence-corrected chi connectivity index (χ2v) is 8.40. The highest BCUT2D eigenvalue weighted by Crippen LogP contribution is 2.34. The smallest absolute Gasteiger partial charge is 0.395 e. The van der Waals surface area contributed by atoms with Crippen molar-refractivity contribution < 1.29 is 13.9 Å². The second kappa shape index (κ2) is 7.39. The summed E-state index contributed by atoms with van der Waals surface area (Å²) in [6.07, 6.45) is 5.27. The van der Waals surface area contributed by atoms with Crippen LogP contribution >= 0.6 is 11.6 Å². The Morgan fingerprint density at radius 3 is 2.81 bits per heavy atom. The number of allylic oxidation sites excluding steroid dienone is 3. The quantitative estimate of drug-likeness (QED) is 0.692. The molecule has 1 heterocycles. The number of oxazole rings is 1. The van der Waals surface area contributed by atoms with Crippen LogP contribution in [0.5, 0.6) is 6.08 Å². The zero-order valence-electron chi connectivity index (χ0n) is 16.4. The number of fused-ring (bicyclic) bond motifs is 1. The van der Waals surface area contributed by atoms with Gasteiger partial charge >= 0.3 is 6.08 Å². The van der Waals surface area contributed by atoms with Crippen molar-refractivity contribution in [3.8, 4) is 6.08 Å². The summed E-state index contributed by atoms with van der Waals surface area (Å²) in [5, 5.41) is 0.568. The van der Waals surface area contributed by atoms with Gasteiger partial charge < -0.3 is 14.1 Å². The highest BCUT2D eigenvalue weighted by molar-refractivity contribution is 6.31. The van der Waals surface area contributed by atoms with Crippen molar-refractivity contribution in [3.05, 3.63) is 46.6 Å². The van der Waals surface area contributed by atoms with Crippen molar-refractivity contribution in [2.45, 2.75) is 47.1 Å². The first-order chi connectivity index (χ1) is 12.6. The molecule has 0 unspecified atom stereocenters. The maximum Gasteiger partial charge on any atom is 0.395 e. The summed E-state index contributed by atoms with van der Waals surface area (Å²) >= 11 is 5.96. The van der Waals surface area contributed by atoms with E-state index >= 15 is 0 Å². The molecule has 1 aliphatic carbocycles. The maximum atomic E-state index is 12.9. The molecule has 0 saturated heterocycles. The molecule has 27 heavy (non-hydrogen) atoms. The Morgan fingerprint density at radius 1 is 1.41 bits per heavy atom. The first kappa shape index (κ1) is 19.5. The van der Waals surface area contributed by atoms with Gasteiger partial charge in [-0.1, -0.05) is 37.1 Å². The molecule has 3 rings (SSSR count). The van der Waals surface area contributed by atoms with Crippen LogP contribution in [0.2, 0.25) is 5.02 Å². The fourth-order valence-electron chi connectivity index (χ4n) is 3.52. The highest BCUT2D eigenvalue weighted by atomic mass is 35.5. The Bertz CT molecular complexity index is 925. The minimum Gasteiger partial charge on any atom is -0.440 e. The van der Waals surface area contributed by atoms with Crippen LogP contribution in [0.15, 0.2) is 46.0 Å². The molecule has 0 radical (unpaired) electrons. The number of nitrogens with zero attached hydrogens (tertiary/aromatic N) is 2. The van der Waals surface area contributed by atoms with Crippen molar-refractivity contribution in [1.82, 2.24) is 9.88 Å². The van der Waals surface area contributed by atoms with Gasteiger partial charge in [0.2, 0.25) is 0 Å². The first-order valence-corrected chi connectivity index (χ1v) is 9.43. The predicted molar refractivity (Wildman–Crippen MR) is 107 cm³/mol. The van der Waals surface area contributed by atoms with Crippen molar-refractivity contribution in [2.24, 2.45) is 5.41 Å². The van der Waals surface area contributed by atoms with E-state index in [0.29, 0.717) is 16.1 Å². The summed E-state index contributed by atoms with van der Waals surface area (Å²) in [6, 6.07) is 5.14. The number of amides is 1. The van der Waals surface area contributed by atoms with Crippen LogP contribution in [0.3, 0.4) is 0 Å². The lowest BCUT2D eigenvalue weighted by atomic mass is 9.81. The largest absolute Gasteiger partial charge is 0.440 e. The minimum absolute atomic E-state index is 0.00717. The number of carbonyl (C=O) groups excluding carboxylic acids is 1. The summed E-state index contributed by atoms with van der Waals surface area (Å²) < 4.78 is 11.1. The molecule has 0 N–H and O–H groups in total. The van der Waals surface area contributed by atoms with E-state index in [9.17, 15) is 4.79 Å². The van der Waals surface area contributed by atoms with Crippen LogP contribution in [-0.4, -0.2) is 28.4 Å². The van der Waals surface area contributed by atoms with Gasteiger partial charge in [0.15, 0.2) is 12.2 Å². The fourth-order valence-corrected chi connectivity index (χ4v) is 3.68. The van der Waals surface area contributed by atoms with E-state index < -0.39 is 0 Å². The fraction of sp³-hybridized carbons (Fsp3) is 0.429. The Labute approximate surface area is 164 Å². The molecule has 6 heteroatoms. The van der Waals surface area contributed by atoms with E-state index in [1.807, 2.05) is 13.8 Å². The summed E-state index contributed by atoms with van der Waals surface area (Å²) in [4.78, 5) is 18.9. The van der Waals surface area contributed by atoms with Gasteiger partial charge in [-0.3, -0.25) is 4.79 Å². The summed E-state index contributed by atoms with van der Waals surface area (Å²) in [6.45, 7) is 10.3. The van der Waals surface area contributed by atoms with E-state index in [-0.39, 0.29) is 30.0 Å². The summed E-state index contributed by atoms with van der Waals surface area (Å²) in [7, 11) is 0. The van der Waals surface area contributed by atoms with Gasteiger partial charge in [-0.25, -0.2) is 0 Å². The number of aromatic nitrogens is 1. The Morgan fingerprint density at radius 2 is 2.15 bits per heavy atom. The molecule has 0 atom stereocenters. The van der Waals surface area contributed by atoms with Crippen molar-refractivity contribution in [2.75, 3.05) is 6.61 Å². The van der Waals surface area contributed by atoms with Crippen LogP contribution in [0.25, 0.3) is 11.1 Å². The average Bonchev–Trinajstić information content (AvgIpc) is 2.92. The number of carbonyl (C=O) groups is 1. The number of benzene rings is 1. The third kappa shape index (κ3) is 4.53. The van der Waals surface area contributed by atoms with Crippen LogP contribution in [0, 0.1) is 5.41 Å². The summed E-state index contributed by atoms with van der Waals surface area (Å²) in [5.41, 5.74) is 3.35. The molecule has 1 aliphatic rings. The SMILES string of the molecule is CC1=CC(N(C(=O)COc2nc3cc(Cl)ccc3o2)C(C)C)=CC(C)(C)C1. The zero-order valence-corrected chi connectivity index (χ0v) is 17.1. The molecule has 1 amide bonds. The minimum atomic E-state index is -0.149. The number of ether oxygens (including phenoxy) is 1. The topological polar surface area (TPSA) is 55.6 Å². The molecular formula is C21H25ClN2O3. The van der Waals surface area contributed by atoms with Crippen LogP contribution in [0.1, 0.15) is 41.0 Å². The van der Waals surface area contributed by atoms with Crippen LogP contribution in [0.4, 0.5) is 0 Å². The van der Waals surface area contributed by atoms with Gasteiger partial charge in [-0.15, -0.1) is 0 Å². The normalized spacial score (nSPS) is 16.3.